The van der Waals surface area contributed by atoms with Crippen molar-refractivity contribution in [2.45, 2.75) is 6.42 Å². The number of aromatic nitrogens is 1. The van der Waals surface area contributed by atoms with Gasteiger partial charge in [0.25, 0.3) is 0 Å². The number of halogens is 1. The van der Waals surface area contributed by atoms with Crippen molar-refractivity contribution in [3.8, 4) is 17.6 Å². The fraction of sp³-hybridized carbons (Fsp3) is 0.333. The third kappa shape index (κ3) is 5.30. The molecule has 0 spiro atoms. The van der Waals surface area contributed by atoms with Gasteiger partial charge in [-0.05, 0) is 30.7 Å². The summed E-state index contributed by atoms with van der Waals surface area (Å²) < 4.78 is 18.0. The minimum Gasteiger partial charge on any atom is -0.493 e. The fourth-order valence-electron chi connectivity index (χ4n) is 3.70. The van der Waals surface area contributed by atoms with Gasteiger partial charge >= 0.3 is 0 Å². The van der Waals surface area contributed by atoms with E-state index in [1.54, 1.807) is 13.3 Å². The van der Waals surface area contributed by atoms with Gasteiger partial charge in [-0.1, -0.05) is 22.0 Å². The van der Waals surface area contributed by atoms with Crippen molar-refractivity contribution in [1.82, 2.24) is 9.88 Å². The molecule has 166 valence electrons. The Kier molecular flexibility index (Phi) is 7.43. The first-order chi connectivity index (χ1) is 15.7. The van der Waals surface area contributed by atoms with Crippen molar-refractivity contribution in [3.05, 3.63) is 52.6 Å². The first-order valence-electron chi connectivity index (χ1n) is 10.5. The van der Waals surface area contributed by atoms with E-state index in [1.807, 2.05) is 36.4 Å². The van der Waals surface area contributed by atoms with Crippen LogP contribution in [0.2, 0.25) is 0 Å². The van der Waals surface area contributed by atoms with E-state index in [-0.39, 0.29) is 0 Å². The van der Waals surface area contributed by atoms with Gasteiger partial charge in [-0.3, -0.25) is 9.88 Å². The summed E-state index contributed by atoms with van der Waals surface area (Å²) in [5.74, 6) is 1.26. The molecule has 0 radical (unpaired) electrons. The van der Waals surface area contributed by atoms with Crippen molar-refractivity contribution >= 4 is 38.2 Å². The quantitative estimate of drug-likeness (QED) is 0.451. The molecule has 1 aliphatic heterocycles. The number of ether oxygens (including phenoxy) is 3. The molecule has 32 heavy (non-hydrogen) atoms. The fourth-order valence-corrected chi connectivity index (χ4v) is 4.10. The summed E-state index contributed by atoms with van der Waals surface area (Å²) in [6.07, 6.45) is 2.50. The van der Waals surface area contributed by atoms with Crippen LogP contribution in [-0.2, 0) is 4.74 Å². The van der Waals surface area contributed by atoms with E-state index in [2.05, 4.69) is 37.2 Å². The van der Waals surface area contributed by atoms with Gasteiger partial charge in [0.1, 0.15) is 6.07 Å². The zero-order valence-corrected chi connectivity index (χ0v) is 19.5. The first-order valence-corrected chi connectivity index (χ1v) is 11.3. The molecule has 3 aromatic rings. The number of rotatable bonds is 8. The molecular formula is C24H25BrN4O3. The molecule has 2 heterocycles. The molecule has 1 aliphatic rings. The maximum Gasteiger partial charge on any atom is 0.163 e. The average Bonchev–Trinajstić information content (AvgIpc) is 2.82. The molecule has 0 atom stereocenters. The number of fused-ring (bicyclic) bond motifs is 1. The van der Waals surface area contributed by atoms with Gasteiger partial charge in [0.15, 0.2) is 11.5 Å². The van der Waals surface area contributed by atoms with E-state index in [0.717, 1.165) is 60.3 Å². The molecule has 1 fully saturated rings. The number of nitrogens with one attached hydrogen (secondary N) is 1. The summed E-state index contributed by atoms with van der Waals surface area (Å²) in [6, 6.07) is 13.8. The van der Waals surface area contributed by atoms with Crippen LogP contribution in [0.25, 0.3) is 10.9 Å². The van der Waals surface area contributed by atoms with Crippen molar-refractivity contribution in [3.63, 3.8) is 0 Å². The van der Waals surface area contributed by atoms with Crippen molar-refractivity contribution in [2.75, 3.05) is 51.9 Å². The minimum absolute atomic E-state index is 0.457. The molecular weight excluding hydrogens is 472 g/mol. The van der Waals surface area contributed by atoms with Crippen LogP contribution in [0.5, 0.6) is 11.5 Å². The highest BCUT2D eigenvalue weighted by Crippen LogP contribution is 2.37. The molecule has 0 saturated carbocycles. The molecule has 7 nitrogen and oxygen atoms in total. The number of nitriles is 1. The number of nitrogens with zero attached hydrogens (tertiary/aromatic N) is 3. The maximum absolute atomic E-state index is 9.64. The first kappa shape index (κ1) is 22.3. The third-order valence-electron chi connectivity index (χ3n) is 5.35. The lowest BCUT2D eigenvalue weighted by molar-refractivity contribution is 0.0357. The van der Waals surface area contributed by atoms with Gasteiger partial charge in [-0.2, -0.15) is 5.26 Å². The number of benzene rings is 2. The van der Waals surface area contributed by atoms with Crippen LogP contribution in [0.1, 0.15) is 12.0 Å². The molecule has 8 heteroatoms. The lowest BCUT2D eigenvalue weighted by Gasteiger charge is -2.26. The Morgan fingerprint density at radius 3 is 2.81 bits per heavy atom. The second kappa shape index (κ2) is 10.6. The van der Waals surface area contributed by atoms with Crippen LogP contribution in [0.3, 0.4) is 0 Å². The molecule has 1 aromatic heterocycles. The Labute approximate surface area is 196 Å². The molecule has 4 rings (SSSR count). The van der Waals surface area contributed by atoms with Crippen molar-refractivity contribution in [2.24, 2.45) is 0 Å². The average molecular weight is 497 g/mol. The predicted molar refractivity (Wildman–Crippen MR) is 128 cm³/mol. The Balaban J connectivity index is 1.56. The number of pyridine rings is 1. The van der Waals surface area contributed by atoms with E-state index in [9.17, 15) is 5.26 Å². The summed E-state index contributed by atoms with van der Waals surface area (Å²) in [7, 11) is 1.62. The molecule has 0 unspecified atom stereocenters. The Bertz CT molecular complexity index is 1130. The highest BCUT2D eigenvalue weighted by atomic mass is 79.9. The zero-order valence-electron chi connectivity index (χ0n) is 17.9. The summed E-state index contributed by atoms with van der Waals surface area (Å²) in [6.45, 7) is 5.09. The molecule has 1 N–H and O–H groups in total. The summed E-state index contributed by atoms with van der Waals surface area (Å²) in [5.41, 5.74) is 2.74. The topological polar surface area (TPSA) is 79.6 Å². The maximum atomic E-state index is 9.64. The number of methoxy groups -OCH3 is 1. The van der Waals surface area contributed by atoms with Gasteiger partial charge in [0.05, 0.1) is 43.7 Å². The molecule has 0 bridgehead atoms. The van der Waals surface area contributed by atoms with Crippen LogP contribution in [0.15, 0.2) is 47.1 Å². The summed E-state index contributed by atoms with van der Waals surface area (Å²) in [5, 5.41) is 13.8. The second-order valence-corrected chi connectivity index (χ2v) is 8.39. The highest BCUT2D eigenvalue weighted by Gasteiger charge is 2.15. The van der Waals surface area contributed by atoms with Gasteiger partial charge in [0.2, 0.25) is 0 Å². The van der Waals surface area contributed by atoms with E-state index in [1.165, 1.54) is 0 Å². The predicted octanol–water partition coefficient (Wildman–Crippen LogP) is 4.72. The molecule has 1 saturated heterocycles. The van der Waals surface area contributed by atoms with Crippen LogP contribution < -0.4 is 14.8 Å². The monoisotopic (exact) mass is 496 g/mol. The SMILES string of the molecule is COc1cc2c(Nc3cccc(Br)c3)c(C#N)cnc2cc1OCCCN1CCOCC1. The van der Waals surface area contributed by atoms with E-state index in [0.29, 0.717) is 29.4 Å². The lowest BCUT2D eigenvalue weighted by atomic mass is 10.1. The largest absolute Gasteiger partial charge is 0.493 e. The standard InChI is InChI=1S/C24H25BrN4O3/c1-30-22-13-20-21(14-23(22)32-9-3-6-29-7-10-31-11-8-29)27-16-17(15-26)24(20)28-19-5-2-4-18(25)12-19/h2,4-5,12-14,16H,3,6-11H2,1H3,(H,27,28). The highest BCUT2D eigenvalue weighted by molar-refractivity contribution is 9.10. The van der Waals surface area contributed by atoms with Gasteiger partial charge in [-0.25, -0.2) is 0 Å². The third-order valence-corrected chi connectivity index (χ3v) is 5.84. The minimum atomic E-state index is 0.457. The Morgan fingerprint density at radius 2 is 2.06 bits per heavy atom. The number of anilines is 2. The van der Waals surface area contributed by atoms with Crippen molar-refractivity contribution < 1.29 is 14.2 Å². The van der Waals surface area contributed by atoms with E-state index in [4.69, 9.17) is 14.2 Å². The van der Waals surface area contributed by atoms with Crippen LogP contribution >= 0.6 is 15.9 Å². The smallest absolute Gasteiger partial charge is 0.163 e. The van der Waals surface area contributed by atoms with Crippen LogP contribution in [0, 0.1) is 11.3 Å². The number of morpholine rings is 1. The van der Waals surface area contributed by atoms with E-state index < -0.39 is 0 Å². The second-order valence-electron chi connectivity index (χ2n) is 7.47. The molecule has 2 aromatic carbocycles. The normalized spacial score (nSPS) is 14.2. The van der Waals surface area contributed by atoms with Gasteiger partial charge < -0.3 is 19.5 Å². The molecule has 0 amide bonds. The molecule has 0 aliphatic carbocycles. The summed E-state index contributed by atoms with van der Waals surface area (Å²) >= 11 is 3.49. The number of hydrogen-bond acceptors (Lipinski definition) is 7. The Hall–Kier alpha value is -2.86. The van der Waals surface area contributed by atoms with Gasteiger partial charge in [-0.15, -0.1) is 0 Å². The van der Waals surface area contributed by atoms with Gasteiger partial charge in [0, 0.05) is 47.4 Å². The number of hydrogen-bond donors (Lipinski definition) is 1. The van der Waals surface area contributed by atoms with Crippen LogP contribution in [0.4, 0.5) is 11.4 Å². The van der Waals surface area contributed by atoms with E-state index >= 15 is 0 Å². The zero-order chi connectivity index (χ0) is 22.3. The summed E-state index contributed by atoms with van der Waals surface area (Å²) in [4.78, 5) is 6.86. The van der Waals surface area contributed by atoms with Crippen LogP contribution in [-0.4, -0.2) is 56.4 Å². The lowest BCUT2D eigenvalue weighted by Crippen LogP contribution is -2.37. The Morgan fingerprint density at radius 1 is 1.22 bits per heavy atom. The van der Waals surface area contributed by atoms with Crippen molar-refractivity contribution in [1.29, 1.82) is 5.26 Å².